The summed E-state index contributed by atoms with van der Waals surface area (Å²) in [6.45, 7) is 0. The number of fused-ring (bicyclic) bond motifs is 8. The Morgan fingerprint density at radius 1 is 0.389 bits per heavy atom. The second-order valence-corrected chi connectivity index (χ2v) is 10.2. The van der Waals surface area contributed by atoms with Crippen molar-refractivity contribution in [1.82, 2.24) is 8.97 Å². The summed E-state index contributed by atoms with van der Waals surface area (Å²) in [5.74, 6) is 0. The fourth-order valence-electron chi connectivity index (χ4n) is 7.19. The normalized spacial score (nSPS) is 13.0. The monoisotopic (exact) mass is 454 g/mol. The van der Waals surface area contributed by atoms with Crippen molar-refractivity contribution in [2.45, 2.75) is 0 Å². The lowest BCUT2D eigenvalue weighted by molar-refractivity contribution is 1.19. The summed E-state index contributed by atoms with van der Waals surface area (Å²) in [7, 11) is 0. The fraction of sp³-hybridized carbons (Fsp3) is 0. The van der Waals surface area contributed by atoms with Crippen LogP contribution in [0.5, 0.6) is 0 Å². The van der Waals surface area contributed by atoms with Crippen LogP contribution in [-0.2, 0) is 0 Å². The van der Waals surface area contributed by atoms with E-state index in [2.05, 4.69) is 118 Å². The van der Waals surface area contributed by atoms with Crippen molar-refractivity contribution < 1.29 is 0 Å². The molecule has 36 heavy (non-hydrogen) atoms. The molecule has 0 saturated carbocycles. The molecule has 0 aliphatic heterocycles. The van der Waals surface area contributed by atoms with Gasteiger partial charge in [-0.2, -0.15) is 0 Å². The molecule has 0 atom stereocenters. The fourth-order valence-corrected chi connectivity index (χ4v) is 7.19. The molecular weight excluding hydrogens is 436 g/mol. The molecule has 0 amide bonds. The molecule has 2 nitrogen and oxygen atoms in total. The third kappa shape index (κ3) is 1.78. The Labute approximate surface area is 205 Å². The highest BCUT2D eigenvalue weighted by molar-refractivity contribution is 6.38. The van der Waals surface area contributed by atoms with Crippen LogP contribution in [0.25, 0.3) is 87.1 Å². The third-order valence-electron chi connectivity index (χ3n) is 8.51. The predicted molar refractivity (Wildman–Crippen MR) is 153 cm³/mol. The Balaban J connectivity index is 1.52. The van der Waals surface area contributed by atoms with Gasteiger partial charge in [-0.25, -0.2) is 0 Å². The second kappa shape index (κ2) is 5.69. The molecule has 4 heterocycles. The third-order valence-corrected chi connectivity index (χ3v) is 8.51. The summed E-state index contributed by atoms with van der Waals surface area (Å²) in [5, 5.41) is 13.4. The Kier molecular flexibility index (Phi) is 2.78. The van der Waals surface area contributed by atoms with Gasteiger partial charge in [0, 0.05) is 48.8 Å². The molecule has 0 aliphatic carbocycles. The van der Waals surface area contributed by atoms with Crippen molar-refractivity contribution in [2.24, 2.45) is 0 Å². The summed E-state index contributed by atoms with van der Waals surface area (Å²) in [6, 6.07) is 40.5. The lowest BCUT2D eigenvalue weighted by Crippen LogP contribution is -1.93. The topological polar surface area (TPSA) is 9.34 Å². The zero-order valence-electron chi connectivity index (χ0n) is 19.3. The van der Waals surface area contributed by atoms with Gasteiger partial charge in [-0.3, -0.25) is 0 Å². The lowest BCUT2D eigenvalue weighted by atomic mass is 10.0. The van der Waals surface area contributed by atoms with E-state index in [0.717, 1.165) is 0 Å². The maximum Gasteiger partial charge on any atom is 0.0627 e. The first-order chi connectivity index (χ1) is 17.9. The minimum atomic E-state index is 1.23. The van der Waals surface area contributed by atoms with Gasteiger partial charge in [0.05, 0.1) is 27.6 Å². The molecule has 0 N–H and O–H groups in total. The van der Waals surface area contributed by atoms with Crippen LogP contribution in [0.3, 0.4) is 0 Å². The first-order valence-corrected chi connectivity index (χ1v) is 12.5. The molecule has 10 rings (SSSR count). The second-order valence-electron chi connectivity index (χ2n) is 10.2. The van der Waals surface area contributed by atoms with Crippen LogP contribution in [0.4, 0.5) is 0 Å². The first-order valence-electron chi connectivity index (χ1n) is 12.5. The summed E-state index contributed by atoms with van der Waals surface area (Å²) >= 11 is 0. The minimum Gasteiger partial charge on any atom is -0.309 e. The Bertz CT molecular complexity index is 2420. The van der Waals surface area contributed by atoms with Crippen molar-refractivity contribution >= 4 is 81.4 Å². The number of hydrogen-bond acceptors (Lipinski definition) is 0. The van der Waals surface area contributed by atoms with Crippen LogP contribution in [0, 0.1) is 0 Å². The predicted octanol–water partition coefficient (Wildman–Crippen LogP) is 9.12. The highest BCUT2D eigenvalue weighted by Gasteiger charge is 2.26. The molecule has 0 spiro atoms. The average Bonchev–Trinajstić information content (AvgIpc) is 3.65. The standard InChI is InChI=1S/C34H18N2/c1-2-9-21-19(8-1)16-26-24-12-7-13-25-27-17-20(18-28-31(21)34(26)36(32(24)25)33(27)28)35-29-14-5-3-10-22(29)23-11-4-6-15-30(23)35/h1-18H. The van der Waals surface area contributed by atoms with Gasteiger partial charge in [0.1, 0.15) is 0 Å². The van der Waals surface area contributed by atoms with Gasteiger partial charge in [-0.15, -0.1) is 0 Å². The van der Waals surface area contributed by atoms with E-state index >= 15 is 0 Å². The van der Waals surface area contributed by atoms with E-state index in [0.29, 0.717) is 0 Å². The number of hydrogen-bond donors (Lipinski definition) is 0. The Hall–Kier alpha value is -4.82. The SMILES string of the molecule is c1ccc2c(c1)cc1c3cccc4c5cc(-n6c7ccccc7c7ccccc76)cc6c2c1n(c43)c56. The molecule has 0 saturated heterocycles. The summed E-state index contributed by atoms with van der Waals surface area (Å²) in [4.78, 5) is 0. The van der Waals surface area contributed by atoms with Crippen LogP contribution in [0.2, 0.25) is 0 Å². The van der Waals surface area contributed by atoms with Crippen molar-refractivity contribution in [1.29, 1.82) is 0 Å². The molecular formula is C34H18N2. The number of aromatic nitrogens is 2. The largest absolute Gasteiger partial charge is 0.309 e. The van der Waals surface area contributed by atoms with Crippen molar-refractivity contribution in [3.05, 3.63) is 109 Å². The first kappa shape index (κ1) is 17.6. The van der Waals surface area contributed by atoms with E-state index in [1.165, 1.54) is 87.1 Å². The summed E-state index contributed by atoms with van der Waals surface area (Å²) < 4.78 is 5.00. The molecule has 6 aromatic carbocycles. The molecule has 164 valence electrons. The van der Waals surface area contributed by atoms with Gasteiger partial charge in [-0.1, -0.05) is 78.9 Å². The smallest absolute Gasteiger partial charge is 0.0627 e. The Morgan fingerprint density at radius 2 is 0.944 bits per heavy atom. The maximum absolute atomic E-state index is 2.54. The minimum absolute atomic E-state index is 1.23. The average molecular weight is 455 g/mol. The van der Waals surface area contributed by atoms with Gasteiger partial charge in [0.25, 0.3) is 0 Å². The molecule has 0 radical (unpaired) electrons. The maximum atomic E-state index is 2.54. The molecule has 10 aromatic rings. The lowest BCUT2D eigenvalue weighted by Gasteiger charge is -2.09. The number of benzene rings is 6. The highest BCUT2D eigenvalue weighted by atomic mass is 15.0. The molecule has 4 aromatic heterocycles. The quantitative estimate of drug-likeness (QED) is 0.234. The zero-order valence-corrected chi connectivity index (χ0v) is 19.3. The summed E-state index contributed by atoms with van der Waals surface area (Å²) in [5.41, 5.74) is 7.81. The number of rotatable bonds is 1. The van der Waals surface area contributed by atoms with Crippen molar-refractivity contribution in [3.63, 3.8) is 0 Å². The van der Waals surface area contributed by atoms with Gasteiger partial charge >= 0.3 is 0 Å². The van der Waals surface area contributed by atoms with Crippen molar-refractivity contribution in [2.75, 3.05) is 0 Å². The van der Waals surface area contributed by atoms with Gasteiger partial charge < -0.3 is 8.97 Å². The Morgan fingerprint density at radius 3 is 1.69 bits per heavy atom. The molecule has 0 aliphatic rings. The van der Waals surface area contributed by atoms with Crippen LogP contribution in [-0.4, -0.2) is 8.97 Å². The van der Waals surface area contributed by atoms with E-state index in [4.69, 9.17) is 0 Å². The van der Waals surface area contributed by atoms with Crippen LogP contribution < -0.4 is 0 Å². The highest BCUT2D eigenvalue weighted by Crippen LogP contribution is 2.49. The molecule has 2 heteroatoms. The summed E-state index contributed by atoms with van der Waals surface area (Å²) in [6.07, 6.45) is 0. The van der Waals surface area contributed by atoms with Crippen LogP contribution in [0.1, 0.15) is 0 Å². The number of para-hydroxylation sites is 3. The van der Waals surface area contributed by atoms with E-state index < -0.39 is 0 Å². The van der Waals surface area contributed by atoms with E-state index in [9.17, 15) is 0 Å². The molecule has 0 unspecified atom stereocenters. The molecule has 0 bridgehead atoms. The van der Waals surface area contributed by atoms with Gasteiger partial charge in [0.2, 0.25) is 0 Å². The van der Waals surface area contributed by atoms with Crippen LogP contribution >= 0.6 is 0 Å². The van der Waals surface area contributed by atoms with E-state index in [1.54, 1.807) is 0 Å². The number of nitrogens with zero attached hydrogens (tertiary/aromatic N) is 2. The van der Waals surface area contributed by atoms with Crippen molar-refractivity contribution in [3.8, 4) is 5.69 Å². The van der Waals surface area contributed by atoms with Gasteiger partial charge in [0.15, 0.2) is 0 Å². The van der Waals surface area contributed by atoms with Crippen LogP contribution in [0.15, 0.2) is 109 Å². The van der Waals surface area contributed by atoms with Gasteiger partial charge in [-0.05, 0) is 41.1 Å². The molecule has 0 fully saturated rings. The van der Waals surface area contributed by atoms with E-state index in [-0.39, 0.29) is 0 Å². The van der Waals surface area contributed by atoms with E-state index in [1.807, 2.05) is 0 Å². The zero-order chi connectivity index (χ0) is 23.1.